The van der Waals surface area contributed by atoms with Crippen molar-refractivity contribution in [2.75, 3.05) is 18.0 Å². The highest BCUT2D eigenvalue weighted by Crippen LogP contribution is 2.33. The molecule has 1 aromatic carbocycles. The lowest BCUT2D eigenvalue weighted by atomic mass is 9.95. The number of rotatable bonds is 3. The van der Waals surface area contributed by atoms with E-state index in [4.69, 9.17) is 11.4 Å². The Morgan fingerprint density at radius 3 is 2.71 bits per heavy atom. The highest BCUT2D eigenvalue weighted by molar-refractivity contribution is 5.93. The van der Waals surface area contributed by atoms with Crippen molar-refractivity contribution in [3.8, 4) is 23.6 Å². The average molecular weight is 418 g/mol. The van der Waals surface area contributed by atoms with Crippen LogP contribution in [0.25, 0.3) is 22.3 Å². The first-order valence-corrected chi connectivity index (χ1v) is 10.1. The fourth-order valence-electron chi connectivity index (χ4n) is 4.30. The number of piperidine rings is 1. The van der Waals surface area contributed by atoms with Crippen LogP contribution in [0.15, 0.2) is 36.9 Å². The molecule has 1 N–H and O–H groups in total. The van der Waals surface area contributed by atoms with Crippen LogP contribution in [0.3, 0.4) is 0 Å². The zero-order valence-corrected chi connectivity index (χ0v) is 16.9. The third kappa shape index (κ3) is 3.32. The van der Waals surface area contributed by atoms with Gasteiger partial charge in [-0.25, -0.2) is 23.7 Å². The Balaban J connectivity index is 1.37. The lowest BCUT2D eigenvalue weighted by Crippen LogP contribution is -2.34. The van der Waals surface area contributed by atoms with Crippen LogP contribution in [-0.2, 0) is 7.05 Å². The number of halogens is 2. The van der Waals surface area contributed by atoms with Crippen molar-refractivity contribution >= 4 is 16.9 Å². The fourth-order valence-corrected chi connectivity index (χ4v) is 4.30. The monoisotopic (exact) mass is 418 g/mol. The summed E-state index contributed by atoms with van der Waals surface area (Å²) in [6.07, 6.45) is 12.6. The van der Waals surface area contributed by atoms with E-state index in [2.05, 4.69) is 25.8 Å². The molecular weight excluding hydrogens is 398 g/mol. The Hall–Kier alpha value is -3.73. The van der Waals surface area contributed by atoms with Crippen LogP contribution in [0.5, 0.6) is 0 Å². The summed E-state index contributed by atoms with van der Waals surface area (Å²) in [6, 6.07) is 3.86. The molecule has 156 valence electrons. The summed E-state index contributed by atoms with van der Waals surface area (Å²) in [6.45, 7) is 1.61. The summed E-state index contributed by atoms with van der Waals surface area (Å²) < 4.78 is 28.9. The van der Waals surface area contributed by atoms with Crippen molar-refractivity contribution in [2.45, 2.75) is 18.8 Å². The van der Waals surface area contributed by atoms with Gasteiger partial charge in [0.25, 0.3) is 0 Å². The predicted molar refractivity (Wildman–Crippen MR) is 115 cm³/mol. The zero-order valence-electron chi connectivity index (χ0n) is 16.9. The maximum absolute atomic E-state index is 13.6. The molecule has 5 rings (SSSR count). The number of hydrogen-bond acceptors (Lipinski definition) is 4. The highest BCUT2D eigenvalue weighted by Gasteiger charge is 2.27. The van der Waals surface area contributed by atoms with E-state index in [1.807, 2.05) is 17.8 Å². The molecule has 0 spiro atoms. The number of aromatic amines is 1. The van der Waals surface area contributed by atoms with E-state index in [0.29, 0.717) is 11.3 Å². The van der Waals surface area contributed by atoms with Crippen LogP contribution in [-0.4, -0.2) is 37.6 Å². The third-order valence-electron chi connectivity index (χ3n) is 5.89. The van der Waals surface area contributed by atoms with Gasteiger partial charge in [0.15, 0.2) is 11.6 Å². The minimum Gasteiger partial charge on any atom is -0.356 e. The van der Waals surface area contributed by atoms with Crippen LogP contribution in [0.2, 0.25) is 0 Å². The number of aromatic nitrogens is 5. The molecular formula is C23H20F2N6. The van der Waals surface area contributed by atoms with Gasteiger partial charge in [0.1, 0.15) is 23.6 Å². The molecule has 0 saturated carbocycles. The van der Waals surface area contributed by atoms with Crippen molar-refractivity contribution in [3.05, 3.63) is 59.9 Å². The minimum absolute atomic E-state index is 0.260. The molecule has 8 heteroatoms. The molecule has 3 aromatic heterocycles. The molecule has 1 fully saturated rings. The number of anilines is 1. The standard InChI is InChI=1S/C23H20F2N6/c1-3-14-11-26-21-20(14)23(28-13-27-21)31-8-6-15(7-9-31)22-29-19(12-30(22)2)16-4-5-17(24)18(25)10-16/h1,4-5,10-13,15H,6-9H2,2H3,(H,26,27,28). The summed E-state index contributed by atoms with van der Waals surface area (Å²) in [5, 5.41) is 0.876. The van der Waals surface area contributed by atoms with Crippen molar-refractivity contribution in [2.24, 2.45) is 7.05 Å². The molecule has 0 bridgehead atoms. The number of nitrogens with one attached hydrogen (secondary N) is 1. The van der Waals surface area contributed by atoms with Gasteiger partial charge < -0.3 is 14.5 Å². The lowest BCUT2D eigenvalue weighted by molar-refractivity contribution is 0.474. The van der Waals surface area contributed by atoms with Crippen LogP contribution in [0.1, 0.15) is 30.1 Å². The van der Waals surface area contributed by atoms with Gasteiger partial charge in [0.05, 0.1) is 16.6 Å². The number of nitrogens with zero attached hydrogens (tertiary/aromatic N) is 5. The predicted octanol–water partition coefficient (Wildman–Crippen LogP) is 4.00. The summed E-state index contributed by atoms with van der Waals surface area (Å²) in [5.41, 5.74) is 2.70. The van der Waals surface area contributed by atoms with Crippen molar-refractivity contribution in [1.29, 1.82) is 0 Å². The molecule has 1 saturated heterocycles. The van der Waals surface area contributed by atoms with E-state index in [1.54, 1.807) is 18.6 Å². The van der Waals surface area contributed by atoms with Gasteiger partial charge in [-0.2, -0.15) is 0 Å². The van der Waals surface area contributed by atoms with E-state index in [-0.39, 0.29) is 5.92 Å². The van der Waals surface area contributed by atoms with E-state index >= 15 is 0 Å². The first-order chi connectivity index (χ1) is 15.0. The van der Waals surface area contributed by atoms with Crippen LogP contribution >= 0.6 is 0 Å². The quantitative estimate of drug-likeness (QED) is 0.511. The first kappa shape index (κ1) is 19.2. The maximum Gasteiger partial charge on any atom is 0.159 e. The molecule has 0 unspecified atom stereocenters. The summed E-state index contributed by atoms with van der Waals surface area (Å²) >= 11 is 0. The highest BCUT2D eigenvalue weighted by atomic mass is 19.2. The number of aryl methyl sites for hydroxylation is 1. The summed E-state index contributed by atoms with van der Waals surface area (Å²) in [7, 11) is 1.94. The van der Waals surface area contributed by atoms with Gasteiger partial charge in [-0.15, -0.1) is 6.42 Å². The minimum atomic E-state index is -0.870. The molecule has 0 amide bonds. The lowest BCUT2D eigenvalue weighted by Gasteiger charge is -2.32. The Kier molecular flexibility index (Phi) is 4.66. The van der Waals surface area contributed by atoms with E-state index in [9.17, 15) is 8.78 Å². The Labute approximate surface area is 178 Å². The second kappa shape index (κ2) is 7.51. The van der Waals surface area contributed by atoms with Gasteiger partial charge in [-0.3, -0.25) is 0 Å². The van der Waals surface area contributed by atoms with Crippen LogP contribution in [0.4, 0.5) is 14.6 Å². The fraction of sp³-hybridized carbons (Fsp3) is 0.261. The van der Waals surface area contributed by atoms with Gasteiger partial charge in [-0.1, -0.05) is 5.92 Å². The molecule has 0 atom stereocenters. The van der Waals surface area contributed by atoms with Crippen LogP contribution in [0, 0.1) is 24.0 Å². The largest absolute Gasteiger partial charge is 0.356 e. The van der Waals surface area contributed by atoms with Gasteiger partial charge in [0.2, 0.25) is 0 Å². The number of benzene rings is 1. The smallest absolute Gasteiger partial charge is 0.159 e. The van der Waals surface area contributed by atoms with Gasteiger partial charge in [-0.05, 0) is 31.0 Å². The third-order valence-corrected chi connectivity index (χ3v) is 5.89. The molecule has 4 aromatic rings. The molecule has 1 aliphatic rings. The maximum atomic E-state index is 13.6. The van der Waals surface area contributed by atoms with E-state index < -0.39 is 11.6 Å². The number of imidazole rings is 1. The Morgan fingerprint density at radius 2 is 1.97 bits per heavy atom. The second-order valence-corrected chi connectivity index (χ2v) is 7.75. The number of fused-ring (bicyclic) bond motifs is 1. The van der Waals surface area contributed by atoms with E-state index in [1.165, 1.54) is 6.07 Å². The van der Waals surface area contributed by atoms with Crippen molar-refractivity contribution in [1.82, 2.24) is 24.5 Å². The zero-order chi connectivity index (χ0) is 21.5. The normalized spacial score (nSPS) is 14.8. The number of terminal acetylenes is 1. The summed E-state index contributed by atoms with van der Waals surface area (Å²) in [4.78, 5) is 18.8. The molecule has 4 heterocycles. The molecule has 6 nitrogen and oxygen atoms in total. The number of hydrogen-bond donors (Lipinski definition) is 1. The van der Waals surface area contributed by atoms with Gasteiger partial charge in [0, 0.05) is 44.0 Å². The molecule has 0 radical (unpaired) electrons. The molecule has 1 aliphatic heterocycles. The van der Waals surface area contributed by atoms with E-state index in [0.717, 1.165) is 60.2 Å². The SMILES string of the molecule is C#Cc1c[nH]c2ncnc(N3CCC(c4nc(-c5ccc(F)c(F)c5)cn4C)CC3)c12. The first-order valence-electron chi connectivity index (χ1n) is 10.1. The molecule has 31 heavy (non-hydrogen) atoms. The number of H-pyrrole nitrogens is 1. The Morgan fingerprint density at radius 1 is 1.16 bits per heavy atom. The van der Waals surface area contributed by atoms with Crippen molar-refractivity contribution < 1.29 is 8.78 Å². The topological polar surface area (TPSA) is 62.6 Å². The average Bonchev–Trinajstić information content (AvgIpc) is 3.39. The van der Waals surface area contributed by atoms with Crippen LogP contribution < -0.4 is 4.90 Å². The van der Waals surface area contributed by atoms with Crippen molar-refractivity contribution in [3.63, 3.8) is 0 Å². The summed E-state index contributed by atoms with van der Waals surface area (Å²) in [5.74, 6) is 3.02. The second-order valence-electron chi connectivity index (χ2n) is 7.75. The molecule has 0 aliphatic carbocycles. The Bertz CT molecular complexity index is 1310. The van der Waals surface area contributed by atoms with Gasteiger partial charge >= 0.3 is 0 Å².